The summed E-state index contributed by atoms with van der Waals surface area (Å²) in [5.74, 6) is -1.20. The first-order valence-electron chi connectivity index (χ1n) is 3.07. The first-order valence-corrected chi connectivity index (χ1v) is 3.07. The lowest BCUT2D eigenvalue weighted by Gasteiger charge is -2.02. The largest absolute Gasteiger partial charge is 0.385 e. The van der Waals surface area contributed by atoms with Gasteiger partial charge in [-0.2, -0.15) is 0 Å². The van der Waals surface area contributed by atoms with E-state index in [1.807, 2.05) is 0 Å². The lowest BCUT2D eigenvalue weighted by atomic mass is 10.1. The molecule has 4 heteroatoms. The summed E-state index contributed by atoms with van der Waals surface area (Å²) >= 11 is 0. The number of aliphatic hydroxyl groups excluding tert-OH is 1. The molecular formula is C6H11NO3. The van der Waals surface area contributed by atoms with Crippen LogP contribution in [0.1, 0.15) is 19.8 Å². The van der Waals surface area contributed by atoms with Gasteiger partial charge in [0.25, 0.3) is 0 Å². The van der Waals surface area contributed by atoms with Crippen LogP contribution in [0.25, 0.3) is 0 Å². The number of ketones is 1. The van der Waals surface area contributed by atoms with E-state index >= 15 is 0 Å². The fraction of sp³-hybridized carbons (Fsp3) is 0.667. The molecule has 1 amide bonds. The van der Waals surface area contributed by atoms with Crippen LogP contribution in [0.4, 0.5) is 0 Å². The van der Waals surface area contributed by atoms with Crippen molar-refractivity contribution in [2.45, 2.75) is 25.9 Å². The molecule has 0 bridgehead atoms. The van der Waals surface area contributed by atoms with Crippen LogP contribution in [-0.4, -0.2) is 22.9 Å². The third kappa shape index (κ3) is 3.19. The van der Waals surface area contributed by atoms with E-state index < -0.39 is 17.8 Å². The number of primary amides is 1. The van der Waals surface area contributed by atoms with Crippen LogP contribution in [0.5, 0.6) is 0 Å². The van der Waals surface area contributed by atoms with Crippen molar-refractivity contribution in [1.82, 2.24) is 0 Å². The van der Waals surface area contributed by atoms with Gasteiger partial charge in [-0.15, -0.1) is 0 Å². The highest BCUT2D eigenvalue weighted by molar-refractivity contribution is 5.99. The molecule has 0 aromatic carbocycles. The molecule has 0 aliphatic rings. The van der Waals surface area contributed by atoms with Gasteiger partial charge in [-0.1, -0.05) is 6.92 Å². The average molecular weight is 145 g/mol. The Morgan fingerprint density at radius 3 is 2.40 bits per heavy atom. The van der Waals surface area contributed by atoms with Crippen molar-refractivity contribution < 1.29 is 14.7 Å². The highest BCUT2D eigenvalue weighted by Crippen LogP contribution is 1.94. The molecule has 3 N–H and O–H groups in total. The van der Waals surface area contributed by atoms with E-state index in [0.29, 0.717) is 6.42 Å². The average Bonchev–Trinajstić information content (AvgIpc) is 1.85. The summed E-state index contributed by atoms with van der Waals surface area (Å²) in [5.41, 5.74) is 4.71. The number of aliphatic hydroxyl groups is 1. The second-order valence-electron chi connectivity index (χ2n) is 2.03. The van der Waals surface area contributed by atoms with Gasteiger partial charge in [-0.3, -0.25) is 9.59 Å². The summed E-state index contributed by atoms with van der Waals surface area (Å²) in [6.07, 6.45) is -1.08. The Morgan fingerprint density at radius 2 is 2.10 bits per heavy atom. The second kappa shape index (κ2) is 4.00. The van der Waals surface area contributed by atoms with Gasteiger partial charge in [0.15, 0.2) is 5.78 Å². The molecule has 0 rings (SSSR count). The van der Waals surface area contributed by atoms with Gasteiger partial charge in [-0.25, -0.2) is 0 Å². The summed E-state index contributed by atoms with van der Waals surface area (Å²) in [7, 11) is 0. The Hall–Kier alpha value is -0.900. The molecule has 0 heterocycles. The molecular weight excluding hydrogens is 134 g/mol. The van der Waals surface area contributed by atoms with Crippen molar-refractivity contribution in [1.29, 1.82) is 0 Å². The van der Waals surface area contributed by atoms with Gasteiger partial charge in [-0.05, 0) is 6.42 Å². The third-order valence-electron chi connectivity index (χ3n) is 1.11. The number of amides is 1. The van der Waals surface area contributed by atoms with Crippen molar-refractivity contribution in [2.24, 2.45) is 5.73 Å². The van der Waals surface area contributed by atoms with E-state index in [9.17, 15) is 9.59 Å². The normalized spacial score (nSPS) is 12.6. The van der Waals surface area contributed by atoms with Crippen molar-refractivity contribution in [3.05, 3.63) is 0 Å². The van der Waals surface area contributed by atoms with Crippen LogP contribution in [0.15, 0.2) is 0 Å². The molecule has 0 fully saturated rings. The zero-order chi connectivity index (χ0) is 8.15. The fourth-order valence-corrected chi connectivity index (χ4v) is 0.517. The second-order valence-corrected chi connectivity index (χ2v) is 2.03. The third-order valence-corrected chi connectivity index (χ3v) is 1.11. The number of hydrogen-bond donors (Lipinski definition) is 2. The minimum atomic E-state index is -1.03. The zero-order valence-corrected chi connectivity index (χ0v) is 5.83. The monoisotopic (exact) mass is 145 g/mol. The van der Waals surface area contributed by atoms with Gasteiger partial charge >= 0.3 is 0 Å². The topological polar surface area (TPSA) is 80.4 Å². The van der Waals surface area contributed by atoms with Crippen molar-refractivity contribution in [2.75, 3.05) is 0 Å². The molecule has 0 radical (unpaired) electrons. The van der Waals surface area contributed by atoms with Crippen LogP contribution in [0.2, 0.25) is 0 Å². The standard InChI is InChI=1S/C6H11NO3/c1-2-4(8)5(9)3-6(7)10/h4,8H,2-3H2,1H3,(H2,7,10). The van der Waals surface area contributed by atoms with Crippen molar-refractivity contribution in [3.8, 4) is 0 Å². The fourth-order valence-electron chi connectivity index (χ4n) is 0.517. The summed E-state index contributed by atoms with van der Waals surface area (Å²) in [6, 6.07) is 0. The Bertz CT molecular complexity index is 144. The maximum Gasteiger partial charge on any atom is 0.224 e. The summed E-state index contributed by atoms with van der Waals surface area (Å²) < 4.78 is 0. The molecule has 0 aliphatic carbocycles. The van der Waals surface area contributed by atoms with E-state index in [-0.39, 0.29) is 6.42 Å². The van der Waals surface area contributed by atoms with Gasteiger partial charge in [0.05, 0.1) is 6.42 Å². The molecule has 4 nitrogen and oxygen atoms in total. The van der Waals surface area contributed by atoms with E-state index in [1.54, 1.807) is 6.92 Å². The quantitative estimate of drug-likeness (QED) is 0.508. The Labute approximate surface area is 59.0 Å². The number of Topliss-reactive ketones (excluding diaryl/α,β-unsaturated/α-hetero) is 1. The van der Waals surface area contributed by atoms with Crippen molar-refractivity contribution >= 4 is 11.7 Å². The van der Waals surface area contributed by atoms with Gasteiger partial charge in [0, 0.05) is 0 Å². The maximum atomic E-state index is 10.6. The number of carbonyl (C=O) groups excluding carboxylic acids is 2. The summed E-state index contributed by atoms with van der Waals surface area (Å²) in [4.78, 5) is 20.8. The molecule has 0 aromatic heterocycles. The molecule has 0 saturated carbocycles. The first-order chi connectivity index (χ1) is 4.57. The molecule has 0 spiro atoms. The Morgan fingerprint density at radius 1 is 1.60 bits per heavy atom. The highest BCUT2D eigenvalue weighted by atomic mass is 16.3. The summed E-state index contributed by atoms with van der Waals surface area (Å²) in [6.45, 7) is 1.66. The molecule has 0 aliphatic heterocycles. The van der Waals surface area contributed by atoms with E-state index in [1.165, 1.54) is 0 Å². The number of nitrogens with two attached hydrogens (primary N) is 1. The maximum absolute atomic E-state index is 10.6. The number of carbonyl (C=O) groups is 2. The van der Waals surface area contributed by atoms with Crippen LogP contribution >= 0.6 is 0 Å². The van der Waals surface area contributed by atoms with Crippen LogP contribution in [0.3, 0.4) is 0 Å². The molecule has 1 atom stereocenters. The van der Waals surface area contributed by atoms with Crippen LogP contribution < -0.4 is 5.73 Å². The van der Waals surface area contributed by atoms with Crippen LogP contribution in [-0.2, 0) is 9.59 Å². The zero-order valence-electron chi connectivity index (χ0n) is 5.83. The van der Waals surface area contributed by atoms with Crippen molar-refractivity contribution in [3.63, 3.8) is 0 Å². The van der Waals surface area contributed by atoms with E-state index in [2.05, 4.69) is 0 Å². The number of rotatable bonds is 4. The highest BCUT2D eigenvalue weighted by Gasteiger charge is 2.14. The molecule has 0 saturated heterocycles. The minimum Gasteiger partial charge on any atom is -0.385 e. The Kier molecular flexibility index (Phi) is 3.64. The lowest BCUT2D eigenvalue weighted by molar-refractivity contribution is -0.131. The molecule has 1 unspecified atom stereocenters. The minimum absolute atomic E-state index is 0.326. The predicted octanol–water partition coefficient (Wildman–Crippen LogP) is -0.798. The summed E-state index contributed by atoms with van der Waals surface area (Å²) in [5, 5.41) is 8.82. The van der Waals surface area contributed by atoms with E-state index in [0.717, 1.165) is 0 Å². The smallest absolute Gasteiger partial charge is 0.224 e. The first kappa shape index (κ1) is 9.10. The van der Waals surface area contributed by atoms with Gasteiger partial charge in [0.2, 0.25) is 5.91 Å². The molecule has 10 heavy (non-hydrogen) atoms. The lowest BCUT2D eigenvalue weighted by Crippen LogP contribution is -2.25. The Balaban J connectivity index is 3.73. The van der Waals surface area contributed by atoms with Gasteiger partial charge < -0.3 is 10.8 Å². The SMILES string of the molecule is CCC(O)C(=O)CC(N)=O. The predicted molar refractivity (Wildman–Crippen MR) is 35.1 cm³/mol. The van der Waals surface area contributed by atoms with Crippen LogP contribution in [0, 0.1) is 0 Å². The van der Waals surface area contributed by atoms with E-state index in [4.69, 9.17) is 10.8 Å². The molecule has 58 valence electrons. The molecule has 0 aromatic rings. The van der Waals surface area contributed by atoms with Gasteiger partial charge in [0.1, 0.15) is 6.10 Å². The number of hydrogen-bond acceptors (Lipinski definition) is 3.